The maximum Gasteiger partial charge on any atom is 0.143 e. The zero-order valence-electron chi connectivity index (χ0n) is 8.25. The number of hydrogen-bond donors (Lipinski definition) is 1. The predicted molar refractivity (Wildman–Crippen MR) is 53.6 cm³/mol. The van der Waals surface area contributed by atoms with Crippen LogP contribution in [0.2, 0.25) is 0 Å². The van der Waals surface area contributed by atoms with Crippen LogP contribution in [0, 0.1) is 0 Å². The molecule has 2 aromatic rings. The Morgan fingerprint density at radius 3 is 3.00 bits per heavy atom. The van der Waals surface area contributed by atoms with Crippen LogP contribution in [0.3, 0.4) is 0 Å². The van der Waals surface area contributed by atoms with E-state index >= 15 is 0 Å². The summed E-state index contributed by atoms with van der Waals surface area (Å²) < 4.78 is 10.0. The van der Waals surface area contributed by atoms with Crippen molar-refractivity contribution in [3.05, 3.63) is 48.2 Å². The van der Waals surface area contributed by atoms with E-state index < -0.39 is 6.10 Å². The van der Waals surface area contributed by atoms with E-state index in [1.807, 2.05) is 0 Å². The highest BCUT2D eigenvalue weighted by Gasteiger charge is 2.17. The standard InChI is InChI=1S/C11H11NO3/c1-14-9-3-2-5-12-10(9)11(13)8-4-6-15-7-8/h2-7,11,13H,1H3. The average molecular weight is 205 g/mol. The maximum atomic E-state index is 9.99. The topological polar surface area (TPSA) is 55.5 Å². The minimum atomic E-state index is -0.820. The molecule has 0 amide bonds. The van der Waals surface area contributed by atoms with Crippen molar-refractivity contribution in [3.63, 3.8) is 0 Å². The molecule has 0 aliphatic carbocycles. The van der Waals surface area contributed by atoms with Gasteiger partial charge in [0.2, 0.25) is 0 Å². The van der Waals surface area contributed by atoms with Gasteiger partial charge >= 0.3 is 0 Å². The highest BCUT2D eigenvalue weighted by Crippen LogP contribution is 2.27. The first kappa shape index (κ1) is 9.73. The van der Waals surface area contributed by atoms with Crippen LogP contribution in [-0.4, -0.2) is 17.2 Å². The number of aromatic nitrogens is 1. The first-order valence-corrected chi connectivity index (χ1v) is 4.52. The lowest BCUT2D eigenvalue weighted by molar-refractivity contribution is 0.208. The second-order valence-electron chi connectivity index (χ2n) is 3.05. The smallest absolute Gasteiger partial charge is 0.143 e. The van der Waals surface area contributed by atoms with E-state index in [0.29, 0.717) is 17.0 Å². The highest BCUT2D eigenvalue weighted by molar-refractivity contribution is 5.33. The minimum absolute atomic E-state index is 0.487. The van der Waals surface area contributed by atoms with Gasteiger partial charge < -0.3 is 14.3 Å². The lowest BCUT2D eigenvalue weighted by Crippen LogP contribution is -2.03. The van der Waals surface area contributed by atoms with Crippen molar-refractivity contribution in [1.82, 2.24) is 4.98 Å². The zero-order valence-corrected chi connectivity index (χ0v) is 8.25. The van der Waals surface area contributed by atoms with E-state index in [1.165, 1.54) is 12.5 Å². The molecule has 2 aromatic heterocycles. The van der Waals surface area contributed by atoms with E-state index in [2.05, 4.69) is 4.98 Å². The monoisotopic (exact) mass is 205 g/mol. The SMILES string of the molecule is COc1cccnc1C(O)c1ccoc1. The molecule has 0 fully saturated rings. The summed E-state index contributed by atoms with van der Waals surface area (Å²) in [7, 11) is 1.54. The molecular weight excluding hydrogens is 194 g/mol. The van der Waals surface area contributed by atoms with Crippen molar-refractivity contribution in [2.24, 2.45) is 0 Å². The number of ether oxygens (including phenoxy) is 1. The van der Waals surface area contributed by atoms with Gasteiger partial charge in [0.05, 0.1) is 19.6 Å². The van der Waals surface area contributed by atoms with Gasteiger partial charge in [-0.05, 0) is 18.2 Å². The van der Waals surface area contributed by atoms with Gasteiger partial charge in [-0.15, -0.1) is 0 Å². The number of methoxy groups -OCH3 is 1. The van der Waals surface area contributed by atoms with Crippen molar-refractivity contribution in [1.29, 1.82) is 0 Å². The van der Waals surface area contributed by atoms with E-state index in [1.54, 1.807) is 31.5 Å². The van der Waals surface area contributed by atoms with Crippen molar-refractivity contribution >= 4 is 0 Å². The van der Waals surface area contributed by atoms with Gasteiger partial charge in [-0.1, -0.05) is 0 Å². The quantitative estimate of drug-likeness (QED) is 0.829. The summed E-state index contributed by atoms with van der Waals surface area (Å²) in [5.41, 5.74) is 1.15. The van der Waals surface area contributed by atoms with E-state index in [9.17, 15) is 5.11 Å². The fraction of sp³-hybridized carbons (Fsp3) is 0.182. The van der Waals surface area contributed by atoms with Crippen molar-refractivity contribution in [3.8, 4) is 5.75 Å². The van der Waals surface area contributed by atoms with Gasteiger partial charge in [-0.25, -0.2) is 0 Å². The fourth-order valence-electron chi connectivity index (χ4n) is 1.37. The molecule has 1 atom stereocenters. The Balaban J connectivity index is 2.37. The summed E-state index contributed by atoms with van der Waals surface area (Å²) in [6.45, 7) is 0. The largest absolute Gasteiger partial charge is 0.495 e. The van der Waals surface area contributed by atoms with Crippen molar-refractivity contribution in [2.75, 3.05) is 7.11 Å². The number of aliphatic hydroxyl groups excluding tert-OH is 1. The summed E-state index contributed by atoms with van der Waals surface area (Å²) >= 11 is 0. The van der Waals surface area contributed by atoms with Gasteiger partial charge in [0.15, 0.2) is 0 Å². The van der Waals surface area contributed by atoms with E-state index in [4.69, 9.17) is 9.15 Å². The number of hydrogen-bond acceptors (Lipinski definition) is 4. The van der Waals surface area contributed by atoms with Crippen LogP contribution in [0.25, 0.3) is 0 Å². The van der Waals surface area contributed by atoms with Gasteiger partial charge in [-0.3, -0.25) is 4.98 Å². The van der Waals surface area contributed by atoms with Crippen LogP contribution in [0.1, 0.15) is 17.4 Å². The Hall–Kier alpha value is -1.81. The Morgan fingerprint density at radius 1 is 1.47 bits per heavy atom. The minimum Gasteiger partial charge on any atom is -0.495 e. The lowest BCUT2D eigenvalue weighted by atomic mass is 10.1. The number of rotatable bonds is 3. The summed E-state index contributed by atoms with van der Waals surface area (Å²) in [4.78, 5) is 4.09. The molecule has 0 aliphatic rings. The molecule has 0 aliphatic heterocycles. The van der Waals surface area contributed by atoms with E-state index in [0.717, 1.165) is 0 Å². The molecule has 1 unspecified atom stereocenters. The van der Waals surface area contributed by atoms with Crippen LogP contribution in [0.15, 0.2) is 41.3 Å². The second-order valence-corrected chi connectivity index (χ2v) is 3.05. The molecule has 2 heterocycles. The molecule has 1 N–H and O–H groups in total. The third-order valence-electron chi connectivity index (χ3n) is 2.14. The van der Waals surface area contributed by atoms with Gasteiger partial charge in [0, 0.05) is 11.8 Å². The Labute approximate surface area is 87.1 Å². The fourth-order valence-corrected chi connectivity index (χ4v) is 1.37. The van der Waals surface area contributed by atoms with Crippen molar-refractivity contribution < 1.29 is 14.3 Å². The zero-order chi connectivity index (χ0) is 10.7. The van der Waals surface area contributed by atoms with E-state index in [-0.39, 0.29) is 0 Å². The molecule has 0 saturated carbocycles. The third kappa shape index (κ3) is 1.85. The Kier molecular flexibility index (Phi) is 2.69. The lowest BCUT2D eigenvalue weighted by Gasteiger charge is -2.11. The van der Waals surface area contributed by atoms with Gasteiger partial charge in [0.1, 0.15) is 17.5 Å². The normalized spacial score (nSPS) is 12.4. The number of pyridine rings is 1. The summed E-state index contributed by atoms with van der Waals surface area (Å²) in [5, 5.41) is 9.99. The van der Waals surface area contributed by atoms with Crippen molar-refractivity contribution in [2.45, 2.75) is 6.10 Å². The summed E-state index contributed by atoms with van der Waals surface area (Å²) in [6.07, 6.45) is 3.79. The Morgan fingerprint density at radius 2 is 2.33 bits per heavy atom. The molecule has 2 rings (SSSR count). The van der Waals surface area contributed by atoms with Crippen LogP contribution in [0.4, 0.5) is 0 Å². The highest BCUT2D eigenvalue weighted by atomic mass is 16.5. The average Bonchev–Trinajstić information content (AvgIpc) is 2.81. The Bertz CT molecular complexity index is 425. The molecule has 15 heavy (non-hydrogen) atoms. The van der Waals surface area contributed by atoms with Crippen LogP contribution in [-0.2, 0) is 0 Å². The van der Waals surface area contributed by atoms with Crippen LogP contribution >= 0.6 is 0 Å². The van der Waals surface area contributed by atoms with Crippen LogP contribution < -0.4 is 4.74 Å². The van der Waals surface area contributed by atoms with Gasteiger partial charge in [0.25, 0.3) is 0 Å². The van der Waals surface area contributed by atoms with Gasteiger partial charge in [-0.2, -0.15) is 0 Å². The molecule has 0 saturated heterocycles. The molecule has 0 radical (unpaired) electrons. The number of aliphatic hydroxyl groups is 1. The number of furan rings is 1. The molecule has 4 nitrogen and oxygen atoms in total. The molecular formula is C11H11NO3. The third-order valence-corrected chi connectivity index (χ3v) is 2.14. The molecule has 78 valence electrons. The predicted octanol–water partition coefficient (Wildman–Crippen LogP) is 1.76. The summed E-state index contributed by atoms with van der Waals surface area (Å²) in [5.74, 6) is 0.561. The second kappa shape index (κ2) is 4.14. The molecule has 4 heteroatoms. The summed E-state index contributed by atoms with van der Waals surface area (Å²) in [6, 6.07) is 5.20. The molecule has 0 spiro atoms. The molecule has 0 bridgehead atoms. The maximum absolute atomic E-state index is 9.99. The van der Waals surface area contributed by atoms with Crippen LogP contribution in [0.5, 0.6) is 5.75 Å². The first-order valence-electron chi connectivity index (χ1n) is 4.52. The molecule has 0 aromatic carbocycles. The number of nitrogens with zero attached hydrogens (tertiary/aromatic N) is 1. The first-order chi connectivity index (χ1) is 7.33.